The van der Waals surface area contributed by atoms with Gasteiger partial charge in [0.25, 0.3) is 5.91 Å². The molecule has 25 heavy (non-hydrogen) atoms. The second-order valence-electron chi connectivity index (χ2n) is 6.13. The normalized spacial score (nSPS) is 20.2. The number of hydrogen-bond donors (Lipinski definition) is 1. The third-order valence-electron chi connectivity index (χ3n) is 4.31. The van der Waals surface area contributed by atoms with Gasteiger partial charge in [0.15, 0.2) is 5.82 Å². The van der Waals surface area contributed by atoms with Crippen LogP contribution >= 0.6 is 15.9 Å². The van der Waals surface area contributed by atoms with Crippen LogP contribution in [0.5, 0.6) is 0 Å². The molecule has 0 unspecified atom stereocenters. The number of tetrazole rings is 1. The maximum absolute atomic E-state index is 13.0. The zero-order valence-electron chi connectivity index (χ0n) is 14.1. The molecule has 132 valence electrons. The first-order valence-electron chi connectivity index (χ1n) is 8.11. The quantitative estimate of drug-likeness (QED) is 0.742. The summed E-state index contributed by atoms with van der Waals surface area (Å²) in [6, 6.07) is 6.90. The maximum Gasteiger partial charge on any atom is 0.325 e. The van der Waals surface area contributed by atoms with Crippen molar-refractivity contribution < 1.29 is 9.59 Å². The Kier molecular flexibility index (Phi) is 4.85. The predicted molar refractivity (Wildman–Crippen MR) is 93.3 cm³/mol. The minimum Gasteiger partial charge on any atom is -0.319 e. The number of aryl methyl sites for hydroxylation is 1. The molecule has 8 nitrogen and oxygen atoms in total. The summed E-state index contributed by atoms with van der Waals surface area (Å²) < 4.78 is 2.48. The van der Waals surface area contributed by atoms with Crippen molar-refractivity contribution in [3.05, 3.63) is 40.1 Å². The third-order valence-corrected chi connectivity index (χ3v) is 4.80. The lowest BCUT2D eigenvalue weighted by Gasteiger charge is -2.22. The maximum atomic E-state index is 13.0. The number of unbranched alkanes of at least 4 members (excludes halogenated alkanes) is 1. The Labute approximate surface area is 153 Å². The van der Waals surface area contributed by atoms with Gasteiger partial charge in [-0.3, -0.25) is 9.69 Å². The summed E-state index contributed by atoms with van der Waals surface area (Å²) in [7, 11) is 0. The molecule has 3 amide bonds. The van der Waals surface area contributed by atoms with Crippen LogP contribution in [0.25, 0.3) is 0 Å². The van der Waals surface area contributed by atoms with Crippen molar-refractivity contribution in [2.75, 3.05) is 0 Å². The molecule has 3 rings (SSSR count). The molecule has 1 fully saturated rings. The van der Waals surface area contributed by atoms with E-state index in [1.54, 1.807) is 11.6 Å². The highest BCUT2D eigenvalue weighted by Gasteiger charge is 2.49. The lowest BCUT2D eigenvalue weighted by molar-refractivity contribution is -0.131. The SMILES string of the molecule is CCCCn1nnnc1CN1C(=O)N[C@@](C)(c2cccc(Br)c2)C1=O. The van der Waals surface area contributed by atoms with E-state index in [1.165, 1.54) is 0 Å². The number of nitrogens with zero attached hydrogens (tertiary/aromatic N) is 5. The van der Waals surface area contributed by atoms with Gasteiger partial charge in [0, 0.05) is 11.0 Å². The Morgan fingerprint density at radius 1 is 1.32 bits per heavy atom. The zero-order chi connectivity index (χ0) is 18.0. The first-order valence-corrected chi connectivity index (χ1v) is 8.90. The Morgan fingerprint density at radius 2 is 2.12 bits per heavy atom. The van der Waals surface area contributed by atoms with E-state index < -0.39 is 11.6 Å². The van der Waals surface area contributed by atoms with Crippen molar-refractivity contribution in [3.8, 4) is 0 Å². The summed E-state index contributed by atoms with van der Waals surface area (Å²) in [5, 5.41) is 14.3. The van der Waals surface area contributed by atoms with E-state index in [0.717, 1.165) is 22.2 Å². The number of carbonyl (C=O) groups is 2. The van der Waals surface area contributed by atoms with Gasteiger partial charge in [-0.15, -0.1) is 5.10 Å². The lowest BCUT2D eigenvalue weighted by atomic mass is 9.92. The van der Waals surface area contributed by atoms with Crippen LogP contribution < -0.4 is 5.32 Å². The molecule has 2 aromatic rings. The van der Waals surface area contributed by atoms with E-state index >= 15 is 0 Å². The molecule has 2 heterocycles. The van der Waals surface area contributed by atoms with Crippen molar-refractivity contribution in [2.24, 2.45) is 0 Å². The molecule has 0 spiro atoms. The van der Waals surface area contributed by atoms with Crippen LogP contribution in [0, 0.1) is 0 Å². The Balaban J connectivity index is 1.84. The van der Waals surface area contributed by atoms with E-state index in [2.05, 4.69) is 43.7 Å². The molecule has 9 heteroatoms. The lowest BCUT2D eigenvalue weighted by Crippen LogP contribution is -2.40. The summed E-state index contributed by atoms with van der Waals surface area (Å²) >= 11 is 3.40. The molecule has 1 N–H and O–H groups in total. The minimum atomic E-state index is -1.11. The molecule has 0 aliphatic carbocycles. The fourth-order valence-electron chi connectivity index (χ4n) is 2.80. The number of urea groups is 1. The summed E-state index contributed by atoms with van der Waals surface area (Å²) in [5.74, 6) is 0.177. The number of rotatable bonds is 6. The summed E-state index contributed by atoms with van der Waals surface area (Å²) in [5.41, 5.74) is -0.393. The second kappa shape index (κ2) is 6.91. The van der Waals surface area contributed by atoms with Gasteiger partial charge in [-0.1, -0.05) is 41.4 Å². The molecule has 1 aromatic carbocycles. The van der Waals surface area contributed by atoms with Gasteiger partial charge in [-0.05, 0) is 41.5 Å². The van der Waals surface area contributed by atoms with E-state index in [1.807, 2.05) is 24.3 Å². The molecule has 0 saturated carbocycles. The third kappa shape index (κ3) is 3.28. The molecule has 1 aliphatic rings. The van der Waals surface area contributed by atoms with Gasteiger partial charge >= 0.3 is 6.03 Å². The second-order valence-corrected chi connectivity index (χ2v) is 7.04. The van der Waals surface area contributed by atoms with Crippen molar-refractivity contribution in [3.63, 3.8) is 0 Å². The van der Waals surface area contributed by atoms with Crippen LogP contribution in [0.15, 0.2) is 28.7 Å². The molecular formula is C16H19BrN6O2. The first kappa shape index (κ1) is 17.5. The molecule has 0 bridgehead atoms. The van der Waals surface area contributed by atoms with Crippen LogP contribution in [0.3, 0.4) is 0 Å². The van der Waals surface area contributed by atoms with Crippen LogP contribution in [-0.2, 0) is 23.4 Å². The number of benzene rings is 1. The van der Waals surface area contributed by atoms with Gasteiger partial charge in [0.2, 0.25) is 0 Å². The number of halogens is 1. The van der Waals surface area contributed by atoms with E-state index in [9.17, 15) is 9.59 Å². The molecule has 1 aromatic heterocycles. The summed E-state index contributed by atoms with van der Waals surface area (Å²) in [6.07, 6.45) is 1.93. The highest BCUT2D eigenvalue weighted by Crippen LogP contribution is 2.31. The molecule has 1 atom stereocenters. The highest BCUT2D eigenvalue weighted by atomic mass is 79.9. The van der Waals surface area contributed by atoms with Crippen molar-refractivity contribution >= 4 is 27.9 Å². The van der Waals surface area contributed by atoms with Crippen molar-refractivity contribution in [2.45, 2.75) is 45.3 Å². The number of aromatic nitrogens is 4. The number of imide groups is 1. The van der Waals surface area contributed by atoms with Crippen molar-refractivity contribution in [1.29, 1.82) is 0 Å². The van der Waals surface area contributed by atoms with Gasteiger partial charge in [-0.2, -0.15) is 0 Å². The number of carbonyl (C=O) groups excluding carboxylic acids is 2. The van der Waals surface area contributed by atoms with Crippen LogP contribution in [0.2, 0.25) is 0 Å². The number of nitrogens with one attached hydrogen (secondary N) is 1. The molecule has 0 radical (unpaired) electrons. The molecular weight excluding hydrogens is 388 g/mol. The molecule has 1 aliphatic heterocycles. The summed E-state index contributed by atoms with van der Waals surface area (Å²) in [4.78, 5) is 26.5. The monoisotopic (exact) mass is 406 g/mol. The Morgan fingerprint density at radius 3 is 2.84 bits per heavy atom. The summed E-state index contributed by atoms with van der Waals surface area (Å²) in [6.45, 7) is 4.48. The van der Waals surface area contributed by atoms with E-state index in [-0.39, 0.29) is 12.5 Å². The average Bonchev–Trinajstić information content (AvgIpc) is 3.11. The van der Waals surface area contributed by atoms with Crippen LogP contribution in [-0.4, -0.2) is 37.0 Å². The van der Waals surface area contributed by atoms with Gasteiger partial charge in [0.05, 0.1) is 6.54 Å². The van der Waals surface area contributed by atoms with Crippen molar-refractivity contribution in [1.82, 2.24) is 30.4 Å². The smallest absolute Gasteiger partial charge is 0.319 e. The predicted octanol–water partition coefficient (Wildman–Crippen LogP) is 2.20. The zero-order valence-corrected chi connectivity index (χ0v) is 15.7. The number of hydrogen-bond acceptors (Lipinski definition) is 5. The van der Waals surface area contributed by atoms with Gasteiger partial charge in [0.1, 0.15) is 5.54 Å². The van der Waals surface area contributed by atoms with E-state index in [4.69, 9.17) is 0 Å². The standard InChI is InChI=1S/C16H19BrN6O2/c1-3-4-8-23-13(19-20-21-23)10-22-14(24)16(2,18-15(22)25)11-6-5-7-12(17)9-11/h5-7,9H,3-4,8,10H2,1-2H3,(H,18,25)/t16-/m0/s1. The minimum absolute atomic E-state index is 0.0466. The van der Waals surface area contributed by atoms with Gasteiger partial charge < -0.3 is 5.32 Å². The highest BCUT2D eigenvalue weighted by molar-refractivity contribution is 9.10. The average molecular weight is 407 g/mol. The van der Waals surface area contributed by atoms with Crippen LogP contribution in [0.1, 0.15) is 38.1 Å². The fraction of sp³-hybridized carbons (Fsp3) is 0.438. The first-order chi connectivity index (χ1) is 12.0. The topological polar surface area (TPSA) is 93.0 Å². The van der Waals surface area contributed by atoms with E-state index in [0.29, 0.717) is 17.9 Å². The van der Waals surface area contributed by atoms with Gasteiger partial charge in [-0.25, -0.2) is 9.48 Å². The molecule has 1 saturated heterocycles. The largest absolute Gasteiger partial charge is 0.325 e. The van der Waals surface area contributed by atoms with Crippen LogP contribution in [0.4, 0.5) is 4.79 Å². The number of amides is 3. The Bertz CT molecular complexity index is 807. The Hall–Kier alpha value is -2.29. The fourth-order valence-corrected chi connectivity index (χ4v) is 3.19.